The standard InChI is InChI=1S/C8H13NO/c1-3-8(10)9-6-4-5-7(9)2/h3,7H,1,4-6H2,2H3/t7-/m0/s1. The predicted molar refractivity (Wildman–Crippen MR) is 40.6 cm³/mol. The van der Waals surface area contributed by atoms with E-state index in [9.17, 15) is 4.79 Å². The number of nitrogens with zero attached hydrogens (tertiary/aromatic N) is 1. The minimum Gasteiger partial charge on any atom is -0.336 e. The van der Waals surface area contributed by atoms with Gasteiger partial charge in [0.2, 0.25) is 5.91 Å². The minimum atomic E-state index is 0.0741. The van der Waals surface area contributed by atoms with E-state index in [4.69, 9.17) is 0 Å². The van der Waals surface area contributed by atoms with Crippen molar-refractivity contribution in [3.63, 3.8) is 0 Å². The smallest absolute Gasteiger partial charge is 0.246 e. The Kier molecular flexibility index (Phi) is 2.10. The molecule has 0 aromatic carbocycles. The third-order valence-corrected chi connectivity index (χ3v) is 2.01. The maximum atomic E-state index is 11.0. The Morgan fingerprint density at radius 3 is 2.90 bits per heavy atom. The SMILES string of the molecule is C=CC(=O)N1CCC[C@@H]1C. The molecule has 56 valence electrons. The van der Waals surface area contributed by atoms with Crippen molar-refractivity contribution < 1.29 is 4.79 Å². The summed E-state index contributed by atoms with van der Waals surface area (Å²) in [5, 5.41) is 0. The maximum absolute atomic E-state index is 11.0. The molecular formula is C8H13NO. The van der Waals surface area contributed by atoms with Gasteiger partial charge < -0.3 is 4.90 Å². The van der Waals surface area contributed by atoms with Crippen LogP contribution in [0.25, 0.3) is 0 Å². The molecule has 1 fully saturated rings. The topological polar surface area (TPSA) is 20.3 Å². The van der Waals surface area contributed by atoms with E-state index in [1.54, 1.807) is 0 Å². The highest BCUT2D eigenvalue weighted by atomic mass is 16.2. The highest BCUT2D eigenvalue weighted by molar-refractivity contribution is 5.87. The summed E-state index contributed by atoms with van der Waals surface area (Å²) >= 11 is 0. The molecule has 0 spiro atoms. The quantitative estimate of drug-likeness (QED) is 0.499. The van der Waals surface area contributed by atoms with Gasteiger partial charge in [-0.1, -0.05) is 6.58 Å². The molecule has 1 aliphatic rings. The zero-order valence-electron chi connectivity index (χ0n) is 6.34. The van der Waals surface area contributed by atoms with E-state index in [-0.39, 0.29) is 5.91 Å². The van der Waals surface area contributed by atoms with Gasteiger partial charge in [0, 0.05) is 12.6 Å². The molecule has 0 unspecified atom stereocenters. The summed E-state index contributed by atoms with van der Waals surface area (Å²) in [7, 11) is 0. The first-order valence-electron chi connectivity index (χ1n) is 3.68. The molecule has 0 bridgehead atoms. The third-order valence-electron chi connectivity index (χ3n) is 2.01. The first-order valence-corrected chi connectivity index (χ1v) is 3.68. The van der Waals surface area contributed by atoms with E-state index >= 15 is 0 Å². The van der Waals surface area contributed by atoms with Crippen LogP contribution in [0.5, 0.6) is 0 Å². The number of hydrogen-bond donors (Lipinski definition) is 0. The molecule has 0 saturated carbocycles. The van der Waals surface area contributed by atoms with Crippen LogP contribution in [0.4, 0.5) is 0 Å². The molecule has 0 radical (unpaired) electrons. The number of carbonyl (C=O) groups excluding carboxylic acids is 1. The first-order chi connectivity index (χ1) is 4.75. The van der Waals surface area contributed by atoms with Gasteiger partial charge >= 0.3 is 0 Å². The highest BCUT2D eigenvalue weighted by Crippen LogP contribution is 2.15. The van der Waals surface area contributed by atoms with Crippen molar-refractivity contribution in [2.45, 2.75) is 25.8 Å². The average Bonchev–Trinajstić information content (AvgIpc) is 2.34. The molecule has 1 saturated heterocycles. The molecule has 0 aromatic rings. The second kappa shape index (κ2) is 2.86. The Balaban J connectivity index is 2.54. The molecule has 2 heteroatoms. The Labute approximate surface area is 61.5 Å². The van der Waals surface area contributed by atoms with E-state index < -0.39 is 0 Å². The van der Waals surface area contributed by atoms with Crippen LogP contribution >= 0.6 is 0 Å². The van der Waals surface area contributed by atoms with Gasteiger partial charge in [0.1, 0.15) is 0 Å². The second-order valence-corrected chi connectivity index (χ2v) is 2.73. The number of carbonyl (C=O) groups is 1. The Bertz CT molecular complexity index is 153. The van der Waals surface area contributed by atoms with Gasteiger partial charge in [0.25, 0.3) is 0 Å². The van der Waals surface area contributed by atoms with E-state index in [2.05, 4.69) is 13.5 Å². The van der Waals surface area contributed by atoms with Crippen LogP contribution in [0.1, 0.15) is 19.8 Å². The lowest BCUT2D eigenvalue weighted by molar-refractivity contribution is -0.126. The fourth-order valence-corrected chi connectivity index (χ4v) is 1.38. The van der Waals surface area contributed by atoms with Crippen molar-refractivity contribution in [2.24, 2.45) is 0 Å². The summed E-state index contributed by atoms with van der Waals surface area (Å²) in [5.74, 6) is 0.0741. The fourth-order valence-electron chi connectivity index (χ4n) is 1.38. The molecule has 0 aromatic heterocycles. The van der Waals surface area contributed by atoms with E-state index in [1.165, 1.54) is 6.08 Å². The van der Waals surface area contributed by atoms with Gasteiger partial charge in [-0.15, -0.1) is 0 Å². The van der Waals surface area contributed by atoms with Crippen molar-refractivity contribution in [1.82, 2.24) is 4.90 Å². The van der Waals surface area contributed by atoms with Crippen molar-refractivity contribution in [2.75, 3.05) is 6.54 Å². The summed E-state index contributed by atoms with van der Waals surface area (Å²) in [5.41, 5.74) is 0. The van der Waals surface area contributed by atoms with Gasteiger partial charge in [-0.25, -0.2) is 0 Å². The molecular weight excluding hydrogens is 126 g/mol. The Hall–Kier alpha value is -0.790. The summed E-state index contributed by atoms with van der Waals surface area (Å²) in [6.07, 6.45) is 3.67. The highest BCUT2D eigenvalue weighted by Gasteiger charge is 2.22. The molecule has 1 amide bonds. The summed E-state index contributed by atoms with van der Waals surface area (Å²) < 4.78 is 0. The van der Waals surface area contributed by atoms with Crippen LogP contribution in [0.2, 0.25) is 0 Å². The van der Waals surface area contributed by atoms with Crippen LogP contribution in [0, 0.1) is 0 Å². The molecule has 1 rings (SSSR count). The Morgan fingerprint density at radius 2 is 2.50 bits per heavy atom. The number of likely N-dealkylation sites (tertiary alicyclic amines) is 1. The lowest BCUT2D eigenvalue weighted by Gasteiger charge is -2.18. The summed E-state index contributed by atoms with van der Waals surface area (Å²) in [6, 6.07) is 0.422. The first kappa shape index (κ1) is 7.32. The molecule has 1 aliphatic heterocycles. The van der Waals surface area contributed by atoms with Crippen molar-refractivity contribution in [1.29, 1.82) is 0 Å². The van der Waals surface area contributed by atoms with Gasteiger partial charge in [0.05, 0.1) is 0 Å². The predicted octanol–water partition coefficient (Wildman–Crippen LogP) is 1.18. The lowest BCUT2D eigenvalue weighted by Crippen LogP contribution is -2.31. The van der Waals surface area contributed by atoms with Crippen molar-refractivity contribution in [3.8, 4) is 0 Å². The monoisotopic (exact) mass is 139 g/mol. The van der Waals surface area contributed by atoms with Crippen molar-refractivity contribution in [3.05, 3.63) is 12.7 Å². The summed E-state index contributed by atoms with van der Waals surface area (Å²) in [6.45, 7) is 6.43. The van der Waals surface area contributed by atoms with Gasteiger partial charge in [0.15, 0.2) is 0 Å². The van der Waals surface area contributed by atoms with Crippen LogP contribution in [0.15, 0.2) is 12.7 Å². The minimum absolute atomic E-state index is 0.0741. The average molecular weight is 139 g/mol. The lowest BCUT2D eigenvalue weighted by atomic mass is 10.2. The van der Waals surface area contributed by atoms with Crippen LogP contribution in [0.3, 0.4) is 0 Å². The normalized spacial score (nSPS) is 24.9. The third kappa shape index (κ3) is 1.20. The van der Waals surface area contributed by atoms with Crippen LogP contribution in [-0.4, -0.2) is 23.4 Å². The molecule has 2 nitrogen and oxygen atoms in total. The largest absolute Gasteiger partial charge is 0.336 e. The van der Waals surface area contributed by atoms with E-state index in [0.29, 0.717) is 6.04 Å². The van der Waals surface area contributed by atoms with Gasteiger partial charge in [-0.3, -0.25) is 4.79 Å². The van der Waals surface area contributed by atoms with Crippen LogP contribution < -0.4 is 0 Å². The number of rotatable bonds is 1. The number of hydrogen-bond acceptors (Lipinski definition) is 1. The molecule has 1 heterocycles. The molecule has 1 atom stereocenters. The fraction of sp³-hybridized carbons (Fsp3) is 0.625. The summed E-state index contributed by atoms with van der Waals surface area (Å²) in [4.78, 5) is 12.9. The zero-order valence-corrected chi connectivity index (χ0v) is 6.34. The second-order valence-electron chi connectivity index (χ2n) is 2.73. The molecule has 10 heavy (non-hydrogen) atoms. The van der Waals surface area contributed by atoms with Gasteiger partial charge in [-0.05, 0) is 25.8 Å². The number of amides is 1. The van der Waals surface area contributed by atoms with Crippen LogP contribution in [-0.2, 0) is 4.79 Å². The molecule has 0 N–H and O–H groups in total. The van der Waals surface area contributed by atoms with E-state index in [1.807, 2.05) is 4.90 Å². The van der Waals surface area contributed by atoms with Crippen molar-refractivity contribution >= 4 is 5.91 Å². The maximum Gasteiger partial charge on any atom is 0.246 e. The molecule has 0 aliphatic carbocycles. The van der Waals surface area contributed by atoms with Gasteiger partial charge in [-0.2, -0.15) is 0 Å². The van der Waals surface area contributed by atoms with E-state index in [0.717, 1.165) is 19.4 Å². The Morgan fingerprint density at radius 1 is 1.80 bits per heavy atom. The zero-order chi connectivity index (χ0) is 7.56.